The number of benzene rings is 1. The third kappa shape index (κ3) is 4.37. The zero-order valence-corrected chi connectivity index (χ0v) is 18.0. The van der Waals surface area contributed by atoms with Crippen molar-refractivity contribution < 1.29 is 14.4 Å². The first-order chi connectivity index (χ1) is 14.5. The van der Waals surface area contributed by atoms with Crippen LogP contribution in [0.2, 0.25) is 0 Å². The summed E-state index contributed by atoms with van der Waals surface area (Å²) in [6.07, 6.45) is 4.89. The summed E-state index contributed by atoms with van der Waals surface area (Å²) >= 11 is 0. The van der Waals surface area contributed by atoms with Crippen LogP contribution >= 0.6 is 0 Å². The van der Waals surface area contributed by atoms with Gasteiger partial charge in [-0.05, 0) is 44.1 Å². The molecule has 162 valence electrons. The monoisotopic (exact) mass is 411 g/mol. The second-order valence-corrected chi connectivity index (χ2v) is 9.02. The summed E-state index contributed by atoms with van der Waals surface area (Å²) in [6, 6.07) is 10.1. The van der Waals surface area contributed by atoms with Crippen LogP contribution in [0.5, 0.6) is 0 Å². The molecule has 1 aromatic carbocycles. The van der Waals surface area contributed by atoms with Crippen LogP contribution < -0.4 is 0 Å². The molecule has 3 atom stereocenters. The van der Waals surface area contributed by atoms with Crippen molar-refractivity contribution in [3.05, 3.63) is 35.9 Å². The SMILES string of the molecule is CC(C(=O)N1CCC[C@H]2CN(C(=O)CCCN3CCCC3=O)C[C@H]21)c1ccccc1. The van der Waals surface area contributed by atoms with E-state index in [-0.39, 0.29) is 29.7 Å². The quantitative estimate of drug-likeness (QED) is 0.723. The lowest BCUT2D eigenvalue weighted by molar-refractivity contribution is -0.137. The van der Waals surface area contributed by atoms with E-state index < -0.39 is 0 Å². The smallest absolute Gasteiger partial charge is 0.230 e. The number of rotatable bonds is 6. The van der Waals surface area contributed by atoms with E-state index in [1.165, 1.54) is 0 Å². The van der Waals surface area contributed by atoms with Crippen molar-refractivity contribution in [2.75, 3.05) is 32.7 Å². The van der Waals surface area contributed by atoms with Crippen molar-refractivity contribution in [1.29, 1.82) is 0 Å². The van der Waals surface area contributed by atoms with Crippen molar-refractivity contribution >= 4 is 17.7 Å². The Balaban J connectivity index is 1.32. The lowest BCUT2D eigenvalue weighted by atomic mass is 9.90. The fourth-order valence-electron chi connectivity index (χ4n) is 5.31. The van der Waals surface area contributed by atoms with Gasteiger partial charge in [0.15, 0.2) is 0 Å². The standard InChI is InChI=1S/C24H33N3O3/c1-18(19-8-3-2-4-9-19)24(30)27-15-5-10-20-16-26(17-21(20)27)23(29)12-7-14-25-13-6-11-22(25)28/h2-4,8-9,18,20-21H,5-7,10-17H2,1H3/t18?,20-,21+/m0/s1. The summed E-state index contributed by atoms with van der Waals surface area (Å²) < 4.78 is 0. The molecule has 4 rings (SSSR count). The van der Waals surface area contributed by atoms with Gasteiger partial charge in [-0.3, -0.25) is 14.4 Å². The Kier molecular flexibility index (Phi) is 6.40. The molecular weight excluding hydrogens is 378 g/mol. The molecule has 3 heterocycles. The lowest BCUT2D eigenvalue weighted by Gasteiger charge is -2.38. The topological polar surface area (TPSA) is 60.9 Å². The minimum absolute atomic E-state index is 0.140. The van der Waals surface area contributed by atoms with Crippen molar-refractivity contribution in [2.45, 2.75) is 57.4 Å². The summed E-state index contributed by atoms with van der Waals surface area (Å²) in [5, 5.41) is 0. The summed E-state index contributed by atoms with van der Waals surface area (Å²) in [7, 11) is 0. The molecule has 3 fully saturated rings. The Morgan fingerprint density at radius 3 is 2.63 bits per heavy atom. The minimum atomic E-state index is -0.160. The normalized spacial score (nSPS) is 24.8. The molecule has 1 aromatic rings. The van der Waals surface area contributed by atoms with Crippen LogP contribution in [-0.2, 0) is 14.4 Å². The van der Waals surface area contributed by atoms with Gasteiger partial charge in [0, 0.05) is 45.6 Å². The van der Waals surface area contributed by atoms with E-state index in [9.17, 15) is 14.4 Å². The zero-order valence-electron chi connectivity index (χ0n) is 18.0. The molecule has 3 aliphatic heterocycles. The van der Waals surface area contributed by atoms with Gasteiger partial charge in [0.2, 0.25) is 17.7 Å². The average Bonchev–Trinajstić information content (AvgIpc) is 3.39. The predicted molar refractivity (Wildman–Crippen MR) is 115 cm³/mol. The largest absolute Gasteiger partial charge is 0.343 e. The van der Waals surface area contributed by atoms with E-state index in [1.807, 2.05) is 52.0 Å². The van der Waals surface area contributed by atoms with Crippen LogP contribution in [0.3, 0.4) is 0 Å². The van der Waals surface area contributed by atoms with E-state index in [2.05, 4.69) is 0 Å². The average molecular weight is 412 g/mol. The molecule has 6 nitrogen and oxygen atoms in total. The highest BCUT2D eigenvalue weighted by Crippen LogP contribution is 2.33. The molecule has 0 saturated carbocycles. The van der Waals surface area contributed by atoms with Crippen molar-refractivity contribution in [3.63, 3.8) is 0 Å². The Morgan fingerprint density at radius 1 is 1.10 bits per heavy atom. The molecule has 3 aliphatic rings. The molecular formula is C24H33N3O3. The van der Waals surface area contributed by atoms with Crippen molar-refractivity contribution in [2.24, 2.45) is 5.92 Å². The molecule has 0 N–H and O–H groups in total. The van der Waals surface area contributed by atoms with Gasteiger partial charge in [-0.1, -0.05) is 30.3 Å². The lowest BCUT2D eigenvalue weighted by Crippen LogP contribution is -2.49. The predicted octanol–water partition coefficient (Wildman–Crippen LogP) is 2.64. The summed E-state index contributed by atoms with van der Waals surface area (Å²) in [5.74, 6) is 0.788. The number of hydrogen-bond acceptors (Lipinski definition) is 3. The highest BCUT2D eigenvalue weighted by atomic mass is 16.2. The number of fused-ring (bicyclic) bond motifs is 1. The Morgan fingerprint density at radius 2 is 1.90 bits per heavy atom. The molecule has 0 aromatic heterocycles. The van der Waals surface area contributed by atoms with Gasteiger partial charge in [0.05, 0.1) is 12.0 Å². The van der Waals surface area contributed by atoms with Crippen LogP contribution in [0.1, 0.15) is 56.9 Å². The fraction of sp³-hybridized carbons (Fsp3) is 0.625. The first-order valence-corrected chi connectivity index (χ1v) is 11.5. The molecule has 0 bridgehead atoms. The number of carbonyl (C=O) groups is 3. The number of amides is 3. The molecule has 3 amide bonds. The van der Waals surface area contributed by atoms with E-state index in [4.69, 9.17) is 0 Å². The molecule has 0 spiro atoms. The van der Waals surface area contributed by atoms with Gasteiger partial charge >= 0.3 is 0 Å². The molecule has 0 aliphatic carbocycles. The number of carbonyl (C=O) groups excluding carboxylic acids is 3. The van der Waals surface area contributed by atoms with Gasteiger partial charge < -0.3 is 14.7 Å². The van der Waals surface area contributed by atoms with Crippen LogP contribution in [0.4, 0.5) is 0 Å². The minimum Gasteiger partial charge on any atom is -0.343 e. The third-order valence-corrected chi connectivity index (χ3v) is 7.08. The summed E-state index contributed by atoms with van der Waals surface area (Å²) in [5.41, 5.74) is 1.05. The number of nitrogens with zero attached hydrogens (tertiary/aromatic N) is 3. The molecule has 0 radical (unpaired) electrons. The van der Waals surface area contributed by atoms with E-state index >= 15 is 0 Å². The first-order valence-electron chi connectivity index (χ1n) is 11.5. The summed E-state index contributed by atoms with van der Waals surface area (Å²) in [6.45, 7) is 5.70. The highest BCUT2D eigenvalue weighted by Gasteiger charge is 2.43. The Labute approximate surface area is 179 Å². The van der Waals surface area contributed by atoms with Gasteiger partial charge in [-0.2, -0.15) is 0 Å². The second-order valence-electron chi connectivity index (χ2n) is 9.02. The Bertz CT molecular complexity index is 781. The number of piperidine rings is 1. The first kappa shape index (κ1) is 20.9. The molecule has 6 heteroatoms. The highest BCUT2D eigenvalue weighted by molar-refractivity contribution is 5.84. The van der Waals surface area contributed by atoms with E-state index in [0.717, 1.165) is 50.9 Å². The van der Waals surface area contributed by atoms with Gasteiger partial charge in [0.25, 0.3) is 0 Å². The number of hydrogen-bond donors (Lipinski definition) is 0. The molecule has 30 heavy (non-hydrogen) atoms. The Hall–Kier alpha value is -2.37. The van der Waals surface area contributed by atoms with Crippen LogP contribution in [-0.4, -0.2) is 71.2 Å². The maximum Gasteiger partial charge on any atom is 0.230 e. The zero-order chi connectivity index (χ0) is 21.1. The maximum atomic E-state index is 13.3. The van der Waals surface area contributed by atoms with Crippen molar-refractivity contribution in [1.82, 2.24) is 14.7 Å². The van der Waals surface area contributed by atoms with Crippen LogP contribution in [0.15, 0.2) is 30.3 Å². The maximum absolute atomic E-state index is 13.3. The molecule has 3 saturated heterocycles. The third-order valence-electron chi connectivity index (χ3n) is 7.08. The van der Waals surface area contributed by atoms with Gasteiger partial charge in [-0.25, -0.2) is 0 Å². The van der Waals surface area contributed by atoms with Crippen molar-refractivity contribution in [3.8, 4) is 0 Å². The van der Waals surface area contributed by atoms with Gasteiger partial charge in [-0.15, -0.1) is 0 Å². The number of likely N-dealkylation sites (tertiary alicyclic amines) is 3. The van der Waals surface area contributed by atoms with Crippen LogP contribution in [0.25, 0.3) is 0 Å². The van der Waals surface area contributed by atoms with Crippen LogP contribution in [0, 0.1) is 5.92 Å². The summed E-state index contributed by atoms with van der Waals surface area (Å²) in [4.78, 5) is 43.7. The van der Waals surface area contributed by atoms with E-state index in [1.54, 1.807) is 0 Å². The van der Waals surface area contributed by atoms with Gasteiger partial charge in [0.1, 0.15) is 0 Å². The second kappa shape index (κ2) is 9.19. The van der Waals surface area contributed by atoms with E-state index in [0.29, 0.717) is 31.8 Å². The fourth-order valence-corrected chi connectivity index (χ4v) is 5.31. The molecule has 1 unspecified atom stereocenters.